The molecule has 0 spiro atoms. The molecule has 1 aromatic carbocycles. The fraction of sp³-hybridized carbons (Fsp3) is 0.182. The minimum atomic E-state index is -0.226. The topological polar surface area (TPSA) is 38.3 Å². The summed E-state index contributed by atoms with van der Waals surface area (Å²) in [7, 11) is 1.60. The van der Waals surface area contributed by atoms with E-state index in [1.165, 1.54) is 6.08 Å². The number of nitrogens with one attached hydrogen (secondary N) is 1. The van der Waals surface area contributed by atoms with E-state index in [1.807, 2.05) is 19.1 Å². The van der Waals surface area contributed by atoms with Gasteiger partial charge in [-0.05, 0) is 24.6 Å². The number of carbonyl (C=O) groups is 1. The lowest BCUT2D eigenvalue weighted by Crippen LogP contribution is -2.07. The molecule has 3 heteroatoms. The van der Waals surface area contributed by atoms with Crippen molar-refractivity contribution in [3.8, 4) is 5.75 Å². The zero-order valence-electron chi connectivity index (χ0n) is 8.33. The lowest BCUT2D eigenvalue weighted by Gasteiger charge is -2.07. The first-order valence-corrected chi connectivity index (χ1v) is 4.25. The summed E-state index contributed by atoms with van der Waals surface area (Å²) in [6, 6.07) is 5.48. The Morgan fingerprint density at radius 3 is 2.86 bits per heavy atom. The molecule has 0 aliphatic rings. The first kappa shape index (κ1) is 10.3. The molecular weight excluding hydrogens is 178 g/mol. The Labute approximate surface area is 83.4 Å². The highest BCUT2D eigenvalue weighted by molar-refractivity contribution is 5.98. The van der Waals surface area contributed by atoms with E-state index in [9.17, 15) is 4.79 Å². The van der Waals surface area contributed by atoms with Crippen LogP contribution < -0.4 is 10.1 Å². The lowest BCUT2D eigenvalue weighted by atomic mass is 10.2. The summed E-state index contributed by atoms with van der Waals surface area (Å²) in [5.74, 6) is 0.530. The second kappa shape index (κ2) is 4.46. The van der Waals surface area contributed by atoms with Crippen molar-refractivity contribution in [2.45, 2.75) is 6.92 Å². The summed E-state index contributed by atoms with van der Waals surface area (Å²) in [5, 5.41) is 2.66. The second-order valence-corrected chi connectivity index (χ2v) is 2.88. The number of methoxy groups -OCH3 is 1. The van der Waals surface area contributed by atoms with Crippen molar-refractivity contribution < 1.29 is 9.53 Å². The van der Waals surface area contributed by atoms with Gasteiger partial charge in [-0.3, -0.25) is 4.79 Å². The number of ether oxygens (including phenoxy) is 1. The molecule has 0 saturated carbocycles. The molecule has 1 aromatic rings. The predicted molar refractivity (Wildman–Crippen MR) is 56.6 cm³/mol. The van der Waals surface area contributed by atoms with Crippen molar-refractivity contribution in [3.63, 3.8) is 0 Å². The highest BCUT2D eigenvalue weighted by Crippen LogP contribution is 2.21. The maximum absolute atomic E-state index is 11.0. The average Bonchev–Trinajstić information content (AvgIpc) is 2.20. The van der Waals surface area contributed by atoms with Crippen LogP contribution in [0.4, 0.5) is 5.69 Å². The Bertz CT molecular complexity index is 358. The molecule has 0 aliphatic heterocycles. The molecule has 0 unspecified atom stereocenters. The number of anilines is 1. The van der Waals surface area contributed by atoms with Crippen molar-refractivity contribution in [1.82, 2.24) is 0 Å². The Morgan fingerprint density at radius 1 is 1.57 bits per heavy atom. The van der Waals surface area contributed by atoms with Gasteiger partial charge >= 0.3 is 0 Å². The van der Waals surface area contributed by atoms with Crippen LogP contribution in [-0.2, 0) is 4.79 Å². The largest absolute Gasteiger partial charge is 0.496 e. The Hall–Kier alpha value is -1.77. The first-order chi connectivity index (χ1) is 6.67. The Balaban J connectivity index is 2.89. The van der Waals surface area contributed by atoms with Gasteiger partial charge in [0, 0.05) is 11.8 Å². The molecule has 0 bridgehead atoms. The van der Waals surface area contributed by atoms with Crippen LogP contribution >= 0.6 is 0 Å². The van der Waals surface area contributed by atoms with Gasteiger partial charge in [0.2, 0.25) is 5.91 Å². The maximum Gasteiger partial charge on any atom is 0.247 e. The van der Waals surface area contributed by atoms with Crippen LogP contribution in [-0.4, -0.2) is 13.0 Å². The van der Waals surface area contributed by atoms with E-state index in [0.29, 0.717) is 5.69 Å². The highest BCUT2D eigenvalue weighted by atomic mass is 16.5. The van der Waals surface area contributed by atoms with Crippen molar-refractivity contribution in [1.29, 1.82) is 0 Å². The van der Waals surface area contributed by atoms with Crippen LogP contribution in [0.5, 0.6) is 5.75 Å². The van der Waals surface area contributed by atoms with Gasteiger partial charge in [0.1, 0.15) is 5.75 Å². The van der Waals surface area contributed by atoms with Gasteiger partial charge in [0.15, 0.2) is 0 Å². The number of aryl methyl sites for hydroxylation is 1. The predicted octanol–water partition coefficient (Wildman–Crippen LogP) is 2.13. The molecule has 0 fully saturated rings. The maximum atomic E-state index is 11.0. The van der Waals surface area contributed by atoms with E-state index in [2.05, 4.69) is 11.9 Å². The summed E-state index contributed by atoms with van der Waals surface area (Å²) in [5.41, 5.74) is 1.74. The van der Waals surface area contributed by atoms with E-state index in [4.69, 9.17) is 4.74 Å². The quantitative estimate of drug-likeness (QED) is 0.743. The third kappa shape index (κ3) is 2.36. The molecule has 74 valence electrons. The molecule has 0 aromatic heterocycles. The normalized spacial score (nSPS) is 9.29. The van der Waals surface area contributed by atoms with Gasteiger partial charge in [-0.15, -0.1) is 0 Å². The fourth-order valence-corrected chi connectivity index (χ4v) is 1.09. The standard InChI is InChI=1S/C11H13NO2/c1-4-11(13)12-9-6-5-8(2)10(7-9)14-3/h4-7H,1H2,2-3H3,(H,12,13). The third-order valence-electron chi connectivity index (χ3n) is 1.86. The molecule has 0 aliphatic carbocycles. The zero-order valence-corrected chi connectivity index (χ0v) is 8.33. The molecule has 1 amide bonds. The number of hydrogen-bond donors (Lipinski definition) is 1. The van der Waals surface area contributed by atoms with E-state index in [1.54, 1.807) is 13.2 Å². The molecule has 0 saturated heterocycles. The molecular formula is C11H13NO2. The second-order valence-electron chi connectivity index (χ2n) is 2.88. The van der Waals surface area contributed by atoms with E-state index in [-0.39, 0.29) is 5.91 Å². The van der Waals surface area contributed by atoms with Gasteiger partial charge in [-0.25, -0.2) is 0 Å². The van der Waals surface area contributed by atoms with Gasteiger partial charge in [-0.1, -0.05) is 12.6 Å². The van der Waals surface area contributed by atoms with Crippen LogP contribution in [0.1, 0.15) is 5.56 Å². The summed E-state index contributed by atoms with van der Waals surface area (Å²) in [4.78, 5) is 11.0. The zero-order chi connectivity index (χ0) is 10.6. The molecule has 1 N–H and O–H groups in total. The molecule has 1 rings (SSSR count). The van der Waals surface area contributed by atoms with Gasteiger partial charge in [-0.2, -0.15) is 0 Å². The summed E-state index contributed by atoms with van der Waals surface area (Å²) < 4.78 is 5.12. The number of carbonyl (C=O) groups excluding carboxylic acids is 1. The number of hydrogen-bond acceptors (Lipinski definition) is 2. The first-order valence-electron chi connectivity index (χ1n) is 4.25. The smallest absolute Gasteiger partial charge is 0.247 e. The van der Waals surface area contributed by atoms with Crippen molar-refractivity contribution >= 4 is 11.6 Å². The van der Waals surface area contributed by atoms with Crippen LogP contribution in [0.25, 0.3) is 0 Å². The van der Waals surface area contributed by atoms with E-state index < -0.39 is 0 Å². The van der Waals surface area contributed by atoms with Crippen molar-refractivity contribution in [2.24, 2.45) is 0 Å². The Kier molecular flexibility index (Phi) is 3.29. The number of benzene rings is 1. The van der Waals surface area contributed by atoms with Crippen LogP contribution in [0.15, 0.2) is 30.9 Å². The monoisotopic (exact) mass is 191 g/mol. The minimum absolute atomic E-state index is 0.226. The van der Waals surface area contributed by atoms with Crippen molar-refractivity contribution in [3.05, 3.63) is 36.4 Å². The van der Waals surface area contributed by atoms with Gasteiger partial charge in [0.25, 0.3) is 0 Å². The summed E-state index contributed by atoms with van der Waals surface area (Å²) >= 11 is 0. The van der Waals surface area contributed by atoms with Gasteiger partial charge in [0.05, 0.1) is 7.11 Å². The number of amides is 1. The van der Waals surface area contributed by atoms with E-state index >= 15 is 0 Å². The summed E-state index contributed by atoms with van der Waals surface area (Å²) in [6.45, 7) is 5.32. The Morgan fingerprint density at radius 2 is 2.29 bits per heavy atom. The molecule has 3 nitrogen and oxygen atoms in total. The molecule has 0 radical (unpaired) electrons. The average molecular weight is 191 g/mol. The molecule has 14 heavy (non-hydrogen) atoms. The van der Waals surface area contributed by atoms with Crippen molar-refractivity contribution in [2.75, 3.05) is 12.4 Å². The van der Waals surface area contributed by atoms with E-state index in [0.717, 1.165) is 11.3 Å². The molecule has 0 heterocycles. The van der Waals surface area contributed by atoms with Crippen LogP contribution in [0, 0.1) is 6.92 Å². The fourth-order valence-electron chi connectivity index (χ4n) is 1.09. The summed E-state index contributed by atoms with van der Waals surface area (Å²) in [6.07, 6.45) is 1.23. The van der Waals surface area contributed by atoms with Crippen LogP contribution in [0.3, 0.4) is 0 Å². The van der Waals surface area contributed by atoms with Crippen LogP contribution in [0.2, 0.25) is 0 Å². The highest BCUT2D eigenvalue weighted by Gasteiger charge is 2.01. The third-order valence-corrected chi connectivity index (χ3v) is 1.86. The number of rotatable bonds is 3. The minimum Gasteiger partial charge on any atom is -0.496 e. The molecule has 0 atom stereocenters. The SMILES string of the molecule is C=CC(=O)Nc1ccc(C)c(OC)c1. The van der Waals surface area contributed by atoms with Gasteiger partial charge < -0.3 is 10.1 Å². The lowest BCUT2D eigenvalue weighted by molar-refractivity contribution is -0.111.